The average Bonchev–Trinajstić information content (AvgIpc) is 2.28. The van der Waals surface area contributed by atoms with E-state index in [0.29, 0.717) is 11.7 Å². The van der Waals surface area contributed by atoms with Crippen molar-refractivity contribution in [3.05, 3.63) is 30.0 Å². The Morgan fingerprint density at radius 2 is 2.00 bits per heavy atom. The second-order valence-corrected chi connectivity index (χ2v) is 3.48. The summed E-state index contributed by atoms with van der Waals surface area (Å²) in [6.07, 6.45) is 3.70. The molecule has 1 aromatic carbocycles. The fourth-order valence-electron chi connectivity index (χ4n) is 1.66. The molecule has 80 valence electrons. The molecule has 2 rings (SSSR count). The van der Waals surface area contributed by atoms with Crippen molar-refractivity contribution in [1.29, 1.82) is 0 Å². The predicted octanol–water partition coefficient (Wildman–Crippen LogP) is 2.71. The van der Waals surface area contributed by atoms with Crippen molar-refractivity contribution in [1.82, 2.24) is 0 Å². The van der Waals surface area contributed by atoms with Gasteiger partial charge in [0.05, 0.1) is 20.5 Å². The van der Waals surface area contributed by atoms with Crippen molar-refractivity contribution in [3.8, 4) is 17.2 Å². The van der Waals surface area contributed by atoms with Crippen LogP contribution in [0, 0.1) is 0 Å². The molecule has 1 heterocycles. The largest absolute Gasteiger partial charge is 0.497 e. The molecule has 1 unspecified atom stereocenters. The van der Waals surface area contributed by atoms with Gasteiger partial charge in [-0.25, -0.2) is 0 Å². The first-order valence-corrected chi connectivity index (χ1v) is 4.85. The lowest BCUT2D eigenvalue weighted by Gasteiger charge is -2.20. The third-order valence-electron chi connectivity index (χ3n) is 2.56. The molecule has 0 fully saturated rings. The third kappa shape index (κ3) is 1.65. The van der Waals surface area contributed by atoms with E-state index in [1.165, 1.54) is 0 Å². The molecule has 0 saturated carbocycles. The Morgan fingerprint density at radius 3 is 2.67 bits per heavy atom. The summed E-state index contributed by atoms with van der Waals surface area (Å²) in [5.41, 5.74) is 1.09. The van der Waals surface area contributed by atoms with E-state index in [2.05, 4.69) is 6.92 Å². The van der Waals surface area contributed by atoms with E-state index in [1.54, 1.807) is 20.5 Å². The van der Waals surface area contributed by atoms with Crippen molar-refractivity contribution >= 4 is 0 Å². The zero-order chi connectivity index (χ0) is 10.8. The molecular formula is C12H14O3. The Hall–Kier alpha value is -1.64. The van der Waals surface area contributed by atoms with E-state index in [0.717, 1.165) is 17.1 Å². The van der Waals surface area contributed by atoms with E-state index in [1.807, 2.05) is 18.2 Å². The fraction of sp³-hybridized carbons (Fsp3) is 0.333. The molecule has 0 aliphatic carbocycles. The van der Waals surface area contributed by atoms with Crippen LogP contribution in [0.1, 0.15) is 18.4 Å². The molecule has 0 N–H and O–H groups in total. The lowest BCUT2D eigenvalue weighted by molar-refractivity contribution is 0.360. The van der Waals surface area contributed by atoms with Crippen LogP contribution in [-0.4, -0.2) is 14.2 Å². The summed E-state index contributed by atoms with van der Waals surface area (Å²) in [5.74, 6) is 2.60. The number of hydrogen-bond donors (Lipinski definition) is 0. The van der Waals surface area contributed by atoms with Crippen LogP contribution in [0.5, 0.6) is 17.2 Å². The highest BCUT2D eigenvalue weighted by Gasteiger charge is 2.19. The van der Waals surface area contributed by atoms with E-state index < -0.39 is 0 Å². The Kier molecular flexibility index (Phi) is 2.54. The number of rotatable bonds is 2. The van der Waals surface area contributed by atoms with Crippen LogP contribution in [0.4, 0.5) is 0 Å². The molecule has 0 bridgehead atoms. The SMILES string of the molecule is COc1cc(OC)c2c(c1)C(C)C=CO2. The fourth-order valence-corrected chi connectivity index (χ4v) is 1.66. The van der Waals surface area contributed by atoms with Gasteiger partial charge in [-0.3, -0.25) is 0 Å². The standard InChI is InChI=1S/C12H14O3/c1-8-4-5-15-12-10(8)6-9(13-2)7-11(12)14-3/h4-8H,1-3H3. The minimum atomic E-state index is 0.317. The van der Waals surface area contributed by atoms with Gasteiger partial charge in [0, 0.05) is 17.5 Å². The van der Waals surface area contributed by atoms with Crippen LogP contribution in [0.25, 0.3) is 0 Å². The van der Waals surface area contributed by atoms with Crippen LogP contribution >= 0.6 is 0 Å². The summed E-state index contributed by atoms with van der Waals surface area (Å²) < 4.78 is 15.9. The smallest absolute Gasteiger partial charge is 0.172 e. The molecule has 15 heavy (non-hydrogen) atoms. The molecule has 3 nitrogen and oxygen atoms in total. The van der Waals surface area contributed by atoms with Gasteiger partial charge in [0.15, 0.2) is 11.5 Å². The van der Waals surface area contributed by atoms with E-state index in [-0.39, 0.29) is 0 Å². The summed E-state index contributed by atoms with van der Waals surface area (Å²) in [6, 6.07) is 3.80. The Labute approximate surface area is 89.3 Å². The van der Waals surface area contributed by atoms with Crippen LogP contribution in [0.15, 0.2) is 24.5 Å². The van der Waals surface area contributed by atoms with Crippen LogP contribution in [0.3, 0.4) is 0 Å². The highest BCUT2D eigenvalue weighted by Crippen LogP contribution is 2.42. The molecule has 1 atom stereocenters. The Morgan fingerprint density at radius 1 is 1.20 bits per heavy atom. The number of allylic oxidation sites excluding steroid dienone is 1. The maximum atomic E-state index is 5.45. The van der Waals surface area contributed by atoms with Gasteiger partial charge < -0.3 is 14.2 Å². The molecule has 1 aliphatic heterocycles. The zero-order valence-corrected chi connectivity index (χ0v) is 9.11. The van der Waals surface area contributed by atoms with Gasteiger partial charge >= 0.3 is 0 Å². The second kappa shape index (κ2) is 3.85. The van der Waals surface area contributed by atoms with Crippen molar-refractivity contribution in [2.75, 3.05) is 14.2 Å². The van der Waals surface area contributed by atoms with Crippen molar-refractivity contribution in [2.24, 2.45) is 0 Å². The average molecular weight is 206 g/mol. The quantitative estimate of drug-likeness (QED) is 0.744. The van der Waals surface area contributed by atoms with Crippen molar-refractivity contribution in [2.45, 2.75) is 12.8 Å². The molecule has 0 radical (unpaired) electrons. The molecular weight excluding hydrogens is 192 g/mol. The Balaban J connectivity index is 2.55. The van der Waals surface area contributed by atoms with Crippen molar-refractivity contribution < 1.29 is 14.2 Å². The number of methoxy groups -OCH3 is 2. The summed E-state index contributed by atoms with van der Waals surface area (Å²) >= 11 is 0. The van der Waals surface area contributed by atoms with Crippen molar-refractivity contribution in [3.63, 3.8) is 0 Å². The molecule has 3 heteroatoms. The topological polar surface area (TPSA) is 27.7 Å². The van der Waals surface area contributed by atoms with E-state index in [4.69, 9.17) is 14.2 Å². The summed E-state index contributed by atoms with van der Waals surface area (Å²) in [5, 5.41) is 0. The Bertz CT molecular complexity index is 396. The van der Waals surface area contributed by atoms with E-state index in [9.17, 15) is 0 Å². The first kappa shape index (κ1) is 9.90. The minimum Gasteiger partial charge on any atom is -0.497 e. The van der Waals surface area contributed by atoms with Gasteiger partial charge in [-0.15, -0.1) is 0 Å². The second-order valence-electron chi connectivity index (χ2n) is 3.48. The van der Waals surface area contributed by atoms with Crippen LogP contribution in [0.2, 0.25) is 0 Å². The molecule has 0 amide bonds. The van der Waals surface area contributed by atoms with Gasteiger partial charge in [0.1, 0.15) is 5.75 Å². The highest BCUT2D eigenvalue weighted by molar-refractivity contribution is 5.55. The lowest BCUT2D eigenvalue weighted by atomic mass is 9.98. The van der Waals surface area contributed by atoms with Gasteiger partial charge in [0.2, 0.25) is 0 Å². The maximum absolute atomic E-state index is 5.45. The lowest BCUT2D eigenvalue weighted by Crippen LogP contribution is -2.03. The summed E-state index contributed by atoms with van der Waals surface area (Å²) in [7, 11) is 3.27. The summed E-state index contributed by atoms with van der Waals surface area (Å²) in [6.45, 7) is 2.11. The molecule has 1 aliphatic rings. The normalized spacial score (nSPS) is 17.9. The maximum Gasteiger partial charge on any atom is 0.172 e. The van der Waals surface area contributed by atoms with Gasteiger partial charge in [-0.05, 0) is 12.1 Å². The molecule has 0 saturated heterocycles. The first-order chi connectivity index (χ1) is 7.26. The number of hydrogen-bond acceptors (Lipinski definition) is 3. The number of ether oxygens (including phenoxy) is 3. The van der Waals surface area contributed by atoms with Gasteiger partial charge in [-0.2, -0.15) is 0 Å². The van der Waals surface area contributed by atoms with Crippen LogP contribution in [-0.2, 0) is 0 Å². The van der Waals surface area contributed by atoms with Gasteiger partial charge in [0.25, 0.3) is 0 Å². The van der Waals surface area contributed by atoms with Crippen LogP contribution < -0.4 is 14.2 Å². The van der Waals surface area contributed by atoms with Gasteiger partial charge in [-0.1, -0.05) is 6.92 Å². The predicted molar refractivity (Wildman–Crippen MR) is 57.7 cm³/mol. The molecule has 0 spiro atoms. The number of fused-ring (bicyclic) bond motifs is 1. The summed E-state index contributed by atoms with van der Waals surface area (Å²) in [4.78, 5) is 0. The molecule has 1 aromatic rings. The minimum absolute atomic E-state index is 0.317. The first-order valence-electron chi connectivity index (χ1n) is 4.85. The number of benzene rings is 1. The van der Waals surface area contributed by atoms with E-state index >= 15 is 0 Å². The molecule has 0 aromatic heterocycles. The zero-order valence-electron chi connectivity index (χ0n) is 9.11. The monoisotopic (exact) mass is 206 g/mol. The third-order valence-corrected chi connectivity index (χ3v) is 2.56. The highest BCUT2D eigenvalue weighted by atomic mass is 16.5.